The van der Waals surface area contributed by atoms with E-state index >= 15 is 0 Å². The van der Waals surface area contributed by atoms with Gasteiger partial charge >= 0.3 is 6.09 Å². The number of hydrogen-bond donors (Lipinski definition) is 2. The fraction of sp³-hybridized carbons (Fsp3) is 0.933. The predicted molar refractivity (Wildman–Crippen MR) is 79.7 cm³/mol. The zero-order valence-corrected chi connectivity index (χ0v) is 13.3. The minimum absolute atomic E-state index is 0.216. The molecule has 5 nitrogen and oxygen atoms in total. The molecule has 20 heavy (non-hydrogen) atoms. The Morgan fingerprint density at radius 3 is 2.80 bits per heavy atom. The van der Waals surface area contributed by atoms with Crippen molar-refractivity contribution in [3.05, 3.63) is 0 Å². The topological polar surface area (TPSA) is 61.8 Å². The average Bonchev–Trinajstić information content (AvgIpc) is 2.34. The number of rotatable bonds is 5. The van der Waals surface area contributed by atoms with Gasteiger partial charge in [0.15, 0.2) is 0 Å². The number of amides is 1. The number of nitrogens with one attached hydrogen (secondary N) is 1. The van der Waals surface area contributed by atoms with Gasteiger partial charge in [0, 0.05) is 31.8 Å². The Balaban J connectivity index is 2.40. The summed E-state index contributed by atoms with van der Waals surface area (Å²) in [5.41, 5.74) is -0.439. The Kier molecular flexibility index (Phi) is 6.76. The highest BCUT2D eigenvalue weighted by atomic mass is 16.6. The number of carbonyl (C=O) groups excluding carboxylic acids is 1. The van der Waals surface area contributed by atoms with E-state index in [4.69, 9.17) is 9.84 Å². The molecular weight excluding hydrogens is 256 g/mol. The van der Waals surface area contributed by atoms with Crippen molar-refractivity contribution in [3.8, 4) is 0 Å². The van der Waals surface area contributed by atoms with Crippen LogP contribution in [0.3, 0.4) is 0 Å². The van der Waals surface area contributed by atoms with Gasteiger partial charge in [-0.3, -0.25) is 0 Å². The quantitative estimate of drug-likeness (QED) is 0.813. The van der Waals surface area contributed by atoms with E-state index in [-0.39, 0.29) is 12.7 Å². The van der Waals surface area contributed by atoms with Crippen molar-refractivity contribution in [1.29, 1.82) is 0 Å². The summed E-state index contributed by atoms with van der Waals surface area (Å²) in [6.07, 6.45) is 3.65. The van der Waals surface area contributed by atoms with E-state index in [9.17, 15) is 4.79 Å². The molecule has 1 rings (SSSR count). The number of aliphatic hydroxyl groups excluding tert-OH is 1. The largest absolute Gasteiger partial charge is 0.444 e. The second-order valence-electron chi connectivity index (χ2n) is 6.70. The monoisotopic (exact) mass is 286 g/mol. The maximum absolute atomic E-state index is 12.1. The first-order chi connectivity index (χ1) is 9.31. The fourth-order valence-corrected chi connectivity index (χ4v) is 2.49. The molecule has 1 aliphatic heterocycles. The maximum Gasteiger partial charge on any atom is 0.410 e. The number of aliphatic hydroxyl groups is 1. The first kappa shape index (κ1) is 17.2. The smallest absolute Gasteiger partial charge is 0.410 e. The van der Waals surface area contributed by atoms with Crippen LogP contribution >= 0.6 is 0 Å². The summed E-state index contributed by atoms with van der Waals surface area (Å²) in [5.74, 6) is 0. The van der Waals surface area contributed by atoms with Gasteiger partial charge in [-0.15, -0.1) is 0 Å². The molecule has 0 bridgehead atoms. The first-order valence-electron chi connectivity index (χ1n) is 7.66. The molecule has 0 radical (unpaired) electrons. The number of likely N-dealkylation sites (tertiary alicyclic amines) is 1. The number of ether oxygens (including phenoxy) is 1. The highest BCUT2D eigenvalue weighted by Crippen LogP contribution is 2.16. The Morgan fingerprint density at radius 2 is 2.20 bits per heavy atom. The predicted octanol–water partition coefficient (Wildman–Crippen LogP) is 2.14. The fourth-order valence-electron chi connectivity index (χ4n) is 2.49. The SMILES string of the molecule is C[C@H](CCCO)N[C@@H]1CCCN(C(=O)OC(C)(C)C)C1. The molecule has 5 heteroatoms. The minimum atomic E-state index is -0.439. The van der Waals surface area contributed by atoms with Crippen molar-refractivity contribution in [2.24, 2.45) is 0 Å². The average molecular weight is 286 g/mol. The molecule has 0 aliphatic carbocycles. The van der Waals surface area contributed by atoms with E-state index in [1.165, 1.54) is 0 Å². The second kappa shape index (κ2) is 7.84. The van der Waals surface area contributed by atoms with Crippen LogP contribution in [0.15, 0.2) is 0 Å². The summed E-state index contributed by atoms with van der Waals surface area (Å²) < 4.78 is 5.42. The molecule has 0 unspecified atom stereocenters. The van der Waals surface area contributed by atoms with E-state index < -0.39 is 5.60 Å². The lowest BCUT2D eigenvalue weighted by atomic mass is 10.0. The third kappa shape index (κ3) is 6.57. The van der Waals surface area contributed by atoms with Crippen LogP contribution in [-0.2, 0) is 4.74 Å². The van der Waals surface area contributed by atoms with Gasteiger partial charge < -0.3 is 20.1 Å². The third-order valence-corrected chi connectivity index (χ3v) is 3.39. The van der Waals surface area contributed by atoms with Crippen LogP contribution in [0.4, 0.5) is 4.79 Å². The molecule has 0 saturated carbocycles. The van der Waals surface area contributed by atoms with Gasteiger partial charge in [-0.05, 0) is 53.4 Å². The summed E-state index contributed by atoms with van der Waals surface area (Å²) in [7, 11) is 0. The first-order valence-corrected chi connectivity index (χ1v) is 7.66. The zero-order valence-electron chi connectivity index (χ0n) is 13.3. The van der Waals surface area contributed by atoms with Crippen molar-refractivity contribution in [2.45, 2.75) is 71.1 Å². The van der Waals surface area contributed by atoms with E-state index in [1.54, 1.807) is 4.90 Å². The van der Waals surface area contributed by atoms with Crippen LogP contribution < -0.4 is 5.32 Å². The summed E-state index contributed by atoms with van der Waals surface area (Å²) in [4.78, 5) is 13.9. The molecule has 2 atom stereocenters. The minimum Gasteiger partial charge on any atom is -0.444 e. The van der Waals surface area contributed by atoms with E-state index in [0.717, 1.165) is 32.2 Å². The third-order valence-electron chi connectivity index (χ3n) is 3.39. The molecule has 1 saturated heterocycles. The number of nitrogens with zero attached hydrogens (tertiary/aromatic N) is 1. The normalized spacial score (nSPS) is 21.6. The van der Waals surface area contributed by atoms with Gasteiger partial charge in [0.2, 0.25) is 0 Å². The molecule has 0 aromatic heterocycles. The van der Waals surface area contributed by atoms with E-state index in [2.05, 4.69) is 12.2 Å². The maximum atomic E-state index is 12.1. The number of hydrogen-bond acceptors (Lipinski definition) is 4. The molecule has 0 spiro atoms. The van der Waals surface area contributed by atoms with Crippen LogP contribution in [-0.4, -0.2) is 53.5 Å². The van der Waals surface area contributed by atoms with Crippen molar-refractivity contribution in [1.82, 2.24) is 10.2 Å². The van der Waals surface area contributed by atoms with Crippen LogP contribution in [0.5, 0.6) is 0 Å². The molecule has 1 amide bonds. The zero-order chi connectivity index (χ0) is 15.2. The van der Waals surface area contributed by atoms with Crippen molar-refractivity contribution >= 4 is 6.09 Å². The molecular formula is C15H30N2O3. The van der Waals surface area contributed by atoms with Crippen molar-refractivity contribution in [3.63, 3.8) is 0 Å². The van der Waals surface area contributed by atoms with Gasteiger partial charge in [0.05, 0.1) is 0 Å². The van der Waals surface area contributed by atoms with Crippen molar-refractivity contribution in [2.75, 3.05) is 19.7 Å². The van der Waals surface area contributed by atoms with Crippen molar-refractivity contribution < 1.29 is 14.6 Å². The molecule has 118 valence electrons. The Bertz CT molecular complexity index is 302. The Morgan fingerprint density at radius 1 is 1.50 bits per heavy atom. The molecule has 1 fully saturated rings. The van der Waals surface area contributed by atoms with Crippen LogP contribution in [0.25, 0.3) is 0 Å². The molecule has 1 aliphatic rings. The summed E-state index contributed by atoms with van der Waals surface area (Å²) in [6, 6.07) is 0.690. The molecule has 0 aromatic rings. The standard InChI is InChI=1S/C15H30N2O3/c1-12(7-6-10-18)16-13-8-5-9-17(11-13)14(19)20-15(2,3)4/h12-13,16,18H,5-11H2,1-4H3/t12-,13-/m1/s1. The lowest BCUT2D eigenvalue weighted by Crippen LogP contribution is -2.51. The highest BCUT2D eigenvalue weighted by Gasteiger charge is 2.27. The summed E-state index contributed by atoms with van der Waals surface area (Å²) >= 11 is 0. The Hall–Kier alpha value is -0.810. The summed E-state index contributed by atoms with van der Waals surface area (Å²) in [6.45, 7) is 9.52. The number of piperidine rings is 1. The van der Waals surface area contributed by atoms with E-state index in [0.29, 0.717) is 18.6 Å². The lowest BCUT2D eigenvalue weighted by molar-refractivity contribution is 0.0183. The van der Waals surface area contributed by atoms with Gasteiger partial charge in [-0.25, -0.2) is 4.79 Å². The molecule has 0 aromatic carbocycles. The highest BCUT2D eigenvalue weighted by molar-refractivity contribution is 5.68. The molecule has 1 heterocycles. The van der Waals surface area contributed by atoms with Gasteiger partial charge in [-0.1, -0.05) is 0 Å². The van der Waals surface area contributed by atoms with Gasteiger partial charge in [0.25, 0.3) is 0 Å². The van der Waals surface area contributed by atoms with E-state index in [1.807, 2.05) is 20.8 Å². The van der Waals surface area contributed by atoms with Crippen LogP contribution in [0.2, 0.25) is 0 Å². The second-order valence-corrected chi connectivity index (χ2v) is 6.70. The molecule has 2 N–H and O–H groups in total. The number of carbonyl (C=O) groups is 1. The van der Waals surface area contributed by atoms with Crippen LogP contribution in [0, 0.1) is 0 Å². The van der Waals surface area contributed by atoms with Gasteiger partial charge in [0.1, 0.15) is 5.60 Å². The van der Waals surface area contributed by atoms with Gasteiger partial charge in [-0.2, -0.15) is 0 Å². The van der Waals surface area contributed by atoms with Crippen LogP contribution in [0.1, 0.15) is 53.4 Å². The summed E-state index contributed by atoms with van der Waals surface area (Å²) in [5, 5.41) is 12.4. The Labute approximate surface area is 122 Å². The lowest BCUT2D eigenvalue weighted by Gasteiger charge is -2.35.